The van der Waals surface area contributed by atoms with E-state index < -0.39 is 10.0 Å². The molecular formula is C10H19NO3S. The van der Waals surface area contributed by atoms with Crippen molar-refractivity contribution in [1.82, 2.24) is 4.31 Å². The minimum Gasteiger partial charge on any atom is -0.379 e. The molecule has 0 aromatic rings. The molecule has 0 N–H and O–H groups in total. The van der Waals surface area contributed by atoms with Gasteiger partial charge in [0.25, 0.3) is 0 Å². The topological polar surface area (TPSA) is 46.6 Å². The Labute approximate surface area is 92.0 Å². The van der Waals surface area contributed by atoms with Gasteiger partial charge in [0.1, 0.15) is 0 Å². The summed E-state index contributed by atoms with van der Waals surface area (Å²) in [6.45, 7) is 7.80. The number of hydrogen-bond acceptors (Lipinski definition) is 3. The number of morpholine rings is 1. The molecule has 0 radical (unpaired) electrons. The van der Waals surface area contributed by atoms with E-state index in [4.69, 9.17) is 4.74 Å². The van der Waals surface area contributed by atoms with E-state index in [0.717, 1.165) is 0 Å². The molecule has 0 aromatic heterocycles. The number of hydrogen-bond donors (Lipinski definition) is 0. The molecule has 0 spiro atoms. The highest BCUT2D eigenvalue weighted by Gasteiger charge is 2.22. The van der Waals surface area contributed by atoms with Crippen LogP contribution >= 0.6 is 0 Å². The average Bonchev–Trinajstić information content (AvgIpc) is 2.16. The van der Waals surface area contributed by atoms with E-state index in [1.54, 1.807) is 6.08 Å². The lowest BCUT2D eigenvalue weighted by molar-refractivity contribution is 0.0735. The van der Waals surface area contributed by atoms with Gasteiger partial charge in [-0.25, -0.2) is 8.42 Å². The SMILES string of the molecule is CC(C)(C)C=CS(=O)(=O)N1CCOCC1. The standard InChI is InChI=1S/C10H19NO3S/c1-10(2,3)4-9-15(12,13)11-5-7-14-8-6-11/h4,9H,5-8H2,1-3H3. The van der Waals surface area contributed by atoms with Gasteiger partial charge in [0, 0.05) is 18.5 Å². The molecule has 0 aliphatic carbocycles. The van der Waals surface area contributed by atoms with Crippen LogP contribution < -0.4 is 0 Å². The molecule has 0 saturated carbocycles. The molecule has 1 aliphatic rings. The molecule has 0 amide bonds. The number of ether oxygens (including phenoxy) is 1. The largest absolute Gasteiger partial charge is 0.379 e. The van der Waals surface area contributed by atoms with Crippen LogP contribution in [0.2, 0.25) is 0 Å². The fraction of sp³-hybridized carbons (Fsp3) is 0.800. The molecule has 4 nitrogen and oxygen atoms in total. The molecule has 0 atom stereocenters. The Bertz CT molecular complexity index is 321. The second-order valence-electron chi connectivity index (χ2n) is 4.73. The number of rotatable bonds is 2. The van der Waals surface area contributed by atoms with Gasteiger partial charge in [-0.3, -0.25) is 0 Å². The van der Waals surface area contributed by atoms with Crippen molar-refractivity contribution in [3.05, 3.63) is 11.5 Å². The van der Waals surface area contributed by atoms with E-state index in [0.29, 0.717) is 26.3 Å². The van der Waals surface area contributed by atoms with Crippen LogP contribution in [0.15, 0.2) is 11.5 Å². The van der Waals surface area contributed by atoms with E-state index in [1.807, 2.05) is 20.8 Å². The van der Waals surface area contributed by atoms with Crippen LogP contribution in [0, 0.1) is 5.41 Å². The monoisotopic (exact) mass is 233 g/mol. The first-order chi connectivity index (χ1) is 6.81. The molecule has 0 bridgehead atoms. The van der Waals surface area contributed by atoms with Gasteiger partial charge in [-0.2, -0.15) is 4.31 Å². The summed E-state index contributed by atoms with van der Waals surface area (Å²) in [5.74, 6) is 0. The van der Waals surface area contributed by atoms with Gasteiger partial charge in [0.05, 0.1) is 13.2 Å². The molecule has 5 heteroatoms. The van der Waals surface area contributed by atoms with Crippen molar-refractivity contribution in [1.29, 1.82) is 0 Å². The minimum atomic E-state index is -3.24. The molecule has 1 saturated heterocycles. The quantitative estimate of drug-likeness (QED) is 0.720. The van der Waals surface area contributed by atoms with Crippen molar-refractivity contribution in [2.45, 2.75) is 20.8 Å². The Kier molecular flexibility index (Phi) is 3.92. The van der Waals surface area contributed by atoms with Crippen LogP contribution in [0.25, 0.3) is 0 Å². The summed E-state index contributed by atoms with van der Waals surface area (Å²) in [6.07, 6.45) is 1.72. The van der Waals surface area contributed by atoms with Crippen molar-refractivity contribution >= 4 is 10.0 Å². The van der Waals surface area contributed by atoms with Crippen LogP contribution in [-0.4, -0.2) is 39.0 Å². The third-order valence-electron chi connectivity index (χ3n) is 2.07. The summed E-state index contributed by atoms with van der Waals surface area (Å²) in [5.41, 5.74) is -0.112. The number of allylic oxidation sites excluding steroid dienone is 1. The zero-order valence-corrected chi connectivity index (χ0v) is 10.4. The van der Waals surface area contributed by atoms with Gasteiger partial charge in [0.15, 0.2) is 0 Å². The Morgan fingerprint density at radius 2 is 1.73 bits per heavy atom. The summed E-state index contributed by atoms with van der Waals surface area (Å²) in [5, 5.41) is 1.30. The van der Waals surface area contributed by atoms with Crippen molar-refractivity contribution in [2.24, 2.45) is 5.41 Å². The zero-order valence-electron chi connectivity index (χ0n) is 9.56. The lowest BCUT2D eigenvalue weighted by Crippen LogP contribution is -2.39. The van der Waals surface area contributed by atoms with E-state index >= 15 is 0 Å². The third kappa shape index (κ3) is 4.32. The first-order valence-corrected chi connectivity index (χ1v) is 6.59. The van der Waals surface area contributed by atoms with Gasteiger partial charge >= 0.3 is 0 Å². The first kappa shape index (κ1) is 12.7. The lowest BCUT2D eigenvalue weighted by atomic mass is 9.98. The van der Waals surface area contributed by atoms with Crippen molar-refractivity contribution in [2.75, 3.05) is 26.3 Å². The molecule has 15 heavy (non-hydrogen) atoms. The maximum atomic E-state index is 11.8. The van der Waals surface area contributed by atoms with Crippen LogP contribution in [-0.2, 0) is 14.8 Å². The maximum absolute atomic E-state index is 11.8. The smallest absolute Gasteiger partial charge is 0.236 e. The lowest BCUT2D eigenvalue weighted by Gasteiger charge is -2.25. The van der Waals surface area contributed by atoms with Gasteiger partial charge in [-0.05, 0) is 5.41 Å². The zero-order chi connectivity index (χ0) is 11.5. The highest BCUT2D eigenvalue weighted by molar-refractivity contribution is 7.92. The van der Waals surface area contributed by atoms with Crippen molar-refractivity contribution in [3.63, 3.8) is 0 Å². The van der Waals surface area contributed by atoms with Gasteiger partial charge < -0.3 is 4.74 Å². The van der Waals surface area contributed by atoms with Crippen molar-refractivity contribution in [3.8, 4) is 0 Å². The Balaban J connectivity index is 2.70. The van der Waals surface area contributed by atoms with E-state index in [-0.39, 0.29) is 5.41 Å². The summed E-state index contributed by atoms with van der Waals surface area (Å²) in [6, 6.07) is 0. The highest BCUT2D eigenvalue weighted by atomic mass is 32.2. The van der Waals surface area contributed by atoms with Crippen LogP contribution in [0.1, 0.15) is 20.8 Å². The van der Waals surface area contributed by atoms with Crippen molar-refractivity contribution < 1.29 is 13.2 Å². The third-order valence-corrected chi connectivity index (χ3v) is 3.63. The van der Waals surface area contributed by atoms with E-state index in [9.17, 15) is 8.42 Å². The summed E-state index contributed by atoms with van der Waals surface area (Å²) < 4.78 is 30.2. The van der Waals surface area contributed by atoms with Gasteiger partial charge in [-0.1, -0.05) is 26.8 Å². The van der Waals surface area contributed by atoms with E-state index in [2.05, 4.69) is 0 Å². The predicted octanol–water partition coefficient (Wildman–Crippen LogP) is 1.21. The average molecular weight is 233 g/mol. The van der Waals surface area contributed by atoms with Crippen LogP contribution in [0.4, 0.5) is 0 Å². The number of sulfonamides is 1. The molecular weight excluding hydrogens is 214 g/mol. The normalized spacial score (nSPS) is 21.0. The first-order valence-electron chi connectivity index (χ1n) is 5.08. The summed E-state index contributed by atoms with van der Waals surface area (Å²) >= 11 is 0. The minimum absolute atomic E-state index is 0.112. The second-order valence-corrected chi connectivity index (χ2v) is 6.54. The Morgan fingerprint density at radius 3 is 2.20 bits per heavy atom. The molecule has 0 unspecified atom stereocenters. The van der Waals surface area contributed by atoms with E-state index in [1.165, 1.54) is 9.71 Å². The molecule has 1 fully saturated rings. The number of nitrogens with zero attached hydrogens (tertiary/aromatic N) is 1. The van der Waals surface area contributed by atoms with Gasteiger partial charge in [-0.15, -0.1) is 0 Å². The second kappa shape index (κ2) is 4.63. The molecule has 1 heterocycles. The fourth-order valence-electron chi connectivity index (χ4n) is 1.18. The summed E-state index contributed by atoms with van der Waals surface area (Å²) in [4.78, 5) is 0. The molecule has 88 valence electrons. The summed E-state index contributed by atoms with van der Waals surface area (Å²) in [7, 11) is -3.24. The van der Waals surface area contributed by atoms with Crippen LogP contribution in [0.3, 0.4) is 0 Å². The van der Waals surface area contributed by atoms with Gasteiger partial charge in [0.2, 0.25) is 10.0 Å². The fourth-order valence-corrected chi connectivity index (χ4v) is 2.59. The Morgan fingerprint density at radius 1 is 1.20 bits per heavy atom. The maximum Gasteiger partial charge on any atom is 0.236 e. The molecule has 1 aliphatic heterocycles. The molecule has 0 aromatic carbocycles. The Hall–Kier alpha value is -0.390. The molecule has 1 rings (SSSR count). The highest BCUT2D eigenvalue weighted by Crippen LogP contribution is 2.17. The predicted molar refractivity (Wildman–Crippen MR) is 59.9 cm³/mol. The van der Waals surface area contributed by atoms with Crippen LogP contribution in [0.5, 0.6) is 0 Å².